The molecule has 0 saturated carbocycles. The van der Waals surface area contributed by atoms with Crippen LogP contribution in [-0.2, 0) is 10.0 Å². The Morgan fingerprint density at radius 1 is 1.00 bits per heavy atom. The molecule has 0 aliphatic carbocycles. The lowest BCUT2D eigenvalue weighted by Crippen LogP contribution is -2.34. The molecule has 9 nitrogen and oxygen atoms in total. The first kappa shape index (κ1) is 25.9. The number of sulfonamides is 1. The Hall–Kier alpha value is -2.73. The van der Waals surface area contributed by atoms with E-state index >= 15 is 0 Å². The van der Waals surface area contributed by atoms with E-state index in [-0.39, 0.29) is 17.6 Å². The summed E-state index contributed by atoms with van der Waals surface area (Å²) in [6, 6.07) is 10.0. The normalized spacial score (nSPS) is 16.3. The highest BCUT2D eigenvalue weighted by Crippen LogP contribution is 2.40. The first-order valence-electron chi connectivity index (χ1n) is 12.6. The lowest BCUT2D eigenvalue weighted by Gasteiger charge is -2.22. The highest BCUT2D eigenvalue weighted by Gasteiger charge is 2.27. The van der Waals surface area contributed by atoms with Gasteiger partial charge in [0.15, 0.2) is 16.6 Å². The molecule has 1 aromatic heterocycles. The number of amides is 1. The van der Waals surface area contributed by atoms with Crippen molar-refractivity contribution in [3.8, 4) is 11.5 Å². The van der Waals surface area contributed by atoms with Crippen molar-refractivity contribution in [2.24, 2.45) is 0 Å². The number of fused-ring (bicyclic) bond motifs is 2. The maximum atomic E-state index is 13.7. The van der Waals surface area contributed by atoms with Gasteiger partial charge >= 0.3 is 0 Å². The monoisotopic (exact) mass is 544 g/mol. The first-order valence-corrected chi connectivity index (χ1v) is 14.9. The Morgan fingerprint density at radius 2 is 1.68 bits per heavy atom. The molecule has 1 amide bonds. The maximum absolute atomic E-state index is 13.7. The minimum Gasteiger partial charge on any atom is -0.454 e. The molecule has 37 heavy (non-hydrogen) atoms. The molecule has 11 heteroatoms. The number of rotatable bonds is 8. The van der Waals surface area contributed by atoms with Crippen LogP contribution in [0.4, 0.5) is 5.13 Å². The molecule has 0 bridgehead atoms. The molecule has 0 spiro atoms. The molecule has 3 heterocycles. The van der Waals surface area contributed by atoms with E-state index in [1.54, 1.807) is 33.5 Å². The van der Waals surface area contributed by atoms with Gasteiger partial charge in [-0.05, 0) is 64.2 Å². The number of hydrogen-bond acceptors (Lipinski definition) is 8. The van der Waals surface area contributed by atoms with Crippen molar-refractivity contribution < 1.29 is 22.7 Å². The van der Waals surface area contributed by atoms with Crippen molar-refractivity contribution in [1.29, 1.82) is 0 Å². The summed E-state index contributed by atoms with van der Waals surface area (Å²) in [6.45, 7) is 2.58. The van der Waals surface area contributed by atoms with Gasteiger partial charge in [-0.3, -0.25) is 9.69 Å². The lowest BCUT2D eigenvalue weighted by molar-refractivity contribution is 0.0986. The Bertz CT molecular complexity index is 1320. The molecule has 0 N–H and O–H groups in total. The van der Waals surface area contributed by atoms with E-state index in [1.807, 2.05) is 26.2 Å². The lowest BCUT2D eigenvalue weighted by atomic mass is 10.2. The molecule has 1 fully saturated rings. The average molecular weight is 545 g/mol. The molecule has 2 aromatic carbocycles. The Labute approximate surface area is 221 Å². The van der Waals surface area contributed by atoms with Crippen LogP contribution in [0.3, 0.4) is 0 Å². The van der Waals surface area contributed by atoms with E-state index in [9.17, 15) is 13.2 Å². The van der Waals surface area contributed by atoms with Gasteiger partial charge in [-0.15, -0.1) is 0 Å². The van der Waals surface area contributed by atoms with Gasteiger partial charge in [0.1, 0.15) is 0 Å². The number of aromatic nitrogens is 1. The summed E-state index contributed by atoms with van der Waals surface area (Å²) >= 11 is 1.42. The van der Waals surface area contributed by atoms with Crippen LogP contribution in [0, 0.1) is 0 Å². The van der Waals surface area contributed by atoms with Crippen LogP contribution in [0.2, 0.25) is 0 Å². The largest absolute Gasteiger partial charge is 0.454 e. The van der Waals surface area contributed by atoms with Gasteiger partial charge in [0.2, 0.25) is 16.8 Å². The molecule has 1 saturated heterocycles. The van der Waals surface area contributed by atoms with Crippen molar-refractivity contribution in [3.63, 3.8) is 0 Å². The Morgan fingerprint density at radius 3 is 2.35 bits per heavy atom. The summed E-state index contributed by atoms with van der Waals surface area (Å²) in [5, 5.41) is 0.587. The molecule has 0 radical (unpaired) electrons. The average Bonchev–Trinajstić information content (AvgIpc) is 3.40. The second-order valence-corrected chi connectivity index (χ2v) is 12.6. The molecule has 198 valence electrons. The maximum Gasteiger partial charge on any atom is 0.260 e. The van der Waals surface area contributed by atoms with E-state index in [1.165, 1.54) is 11.3 Å². The van der Waals surface area contributed by atoms with Crippen molar-refractivity contribution in [3.05, 3.63) is 42.0 Å². The number of anilines is 1. The standard InChI is InChI=1S/C26H32N4O5S2/c1-28(2)12-7-15-30(26-27-21-16-22-23(35-18-34-22)17-24(21)36-26)25(31)19-8-10-20(11-9-19)37(32,33)29-13-5-3-4-6-14-29/h8-11,16-17H,3-7,12-15,18H2,1-2H3. The number of carbonyl (C=O) groups excluding carboxylic acids is 1. The van der Waals surface area contributed by atoms with E-state index < -0.39 is 10.0 Å². The van der Waals surface area contributed by atoms with Gasteiger partial charge in [-0.25, -0.2) is 13.4 Å². The molecule has 5 rings (SSSR count). The predicted octanol–water partition coefficient (Wildman–Crippen LogP) is 4.19. The van der Waals surface area contributed by atoms with Crippen LogP contribution < -0.4 is 14.4 Å². The predicted molar refractivity (Wildman–Crippen MR) is 144 cm³/mol. The number of nitrogens with zero attached hydrogens (tertiary/aromatic N) is 4. The van der Waals surface area contributed by atoms with Crippen molar-refractivity contribution in [1.82, 2.24) is 14.2 Å². The third-order valence-electron chi connectivity index (χ3n) is 6.64. The molecule has 2 aliphatic heterocycles. The fourth-order valence-corrected chi connectivity index (χ4v) is 7.12. The fraction of sp³-hybridized carbons (Fsp3) is 0.462. The Kier molecular flexibility index (Phi) is 7.66. The van der Waals surface area contributed by atoms with Gasteiger partial charge in [0.25, 0.3) is 5.91 Å². The minimum absolute atomic E-state index is 0.193. The van der Waals surface area contributed by atoms with Crippen LogP contribution in [0.25, 0.3) is 10.2 Å². The summed E-state index contributed by atoms with van der Waals surface area (Å²) in [5.41, 5.74) is 1.17. The quantitative estimate of drug-likeness (QED) is 0.420. The first-order chi connectivity index (χ1) is 17.8. The molecular weight excluding hydrogens is 512 g/mol. The third-order valence-corrected chi connectivity index (χ3v) is 9.59. The van der Waals surface area contributed by atoms with Gasteiger partial charge in [0.05, 0.1) is 15.1 Å². The zero-order valence-electron chi connectivity index (χ0n) is 21.2. The fourth-order valence-electron chi connectivity index (χ4n) is 4.61. The minimum atomic E-state index is -3.58. The van der Waals surface area contributed by atoms with Crippen molar-refractivity contribution in [2.75, 3.05) is 52.0 Å². The SMILES string of the molecule is CN(C)CCCN(C(=O)c1ccc(S(=O)(=O)N2CCCCCC2)cc1)c1nc2cc3c(cc2s1)OCO3. The number of thiazole rings is 1. The summed E-state index contributed by atoms with van der Waals surface area (Å²) in [5.74, 6) is 1.11. The second kappa shape index (κ2) is 10.9. The number of carbonyl (C=O) groups is 1. The van der Waals surface area contributed by atoms with Crippen molar-refractivity contribution >= 4 is 42.6 Å². The van der Waals surface area contributed by atoms with Gasteiger partial charge in [-0.2, -0.15) is 4.31 Å². The number of ether oxygens (including phenoxy) is 2. The van der Waals surface area contributed by atoms with E-state index in [0.29, 0.717) is 41.8 Å². The van der Waals surface area contributed by atoms with Crippen LogP contribution >= 0.6 is 11.3 Å². The van der Waals surface area contributed by atoms with Gasteiger partial charge in [-0.1, -0.05) is 24.2 Å². The van der Waals surface area contributed by atoms with Crippen LogP contribution in [0.15, 0.2) is 41.3 Å². The summed E-state index contributed by atoms with van der Waals surface area (Å²) in [7, 11) is 0.412. The zero-order valence-corrected chi connectivity index (χ0v) is 22.8. The molecule has 0 atom stereocenters. The smallest absolute Gasteiger partial charge is 0.260 e. The molecular formula is C26H32N4O5S2. The zero-order chi connectivity index (χ0) is 26.0. The topological polar surface area (TPSA) is 92.3 Å². The van der Waals surface area contributed by atoms with Gasteiger partial charge in [0, 0.05) is 37.3 Å². The highest BCUT2D eigenvalue weighted by molar-refractivity contribution is 7.89. The molecule has 2 aliphatic rings. The molecule has 0 unspecified atom stereocenters. The summed E-state index contributed by atoms with van der Waals surface area (Å²) < 4.78 is 39.8. The summed E-state index contributed by atoms with van der Waals surface area (Å²) in [6.07, 6.45) is 4.62. The van der Waals surface area contributed by atoms with Gasteiger partial charge < -0.3 is 14.4 Å². The van der Waals surface area contributed by atoms with E-state index in [2.05, 4.69) is 4.90 Å². The summed E-state index contributed by atoms with van der Waals surface area (Å²) in [4.78, 5) is 22.4. The van der Waals surface area contributed by atoms with Crippen LogP contribution in [0.5, 0.6) is 11.5 Å². The van der Waals surface area contributed by atoms with Crippen LogP contribution in [0.1, 0.15) is 42.5 Å². The third kappa shape index (κ3) is 5.59. The van der Waals surface area contributed by atoms with Crippen molar-refractivity contribution in [2.45, 2.75) is 37.0 Å². The highest BCUT2D eigenvalue weighted by atomic mass is 32.2. The van der Waals surface area contributed by atoms with E-state index in [4.69, 9.17) is 14.5 Å². The number of benzene rings is 2. The number of hydrogen-bond donors (Lipinski definition) is 0. The Balaban J connectivity index is 1.41. The molecule has 3 aromatic rings. The van der Waals surface area contributed by atoms with E-state index in [0.717, 1.165) is 48.9 Å². The second-order valence-electron chi connectivity index (χ2n) is 9.63. The van der Waals surface area contributed by atoms with Crippen LogP contribution in [-0.4, -0.2) is 75.6 Å².